The predicted octanol–water partition coefficient (Wildman–Crippen LogP) is 1.35. The molecule has 0 unspecified atom stereocenters. The average Bonchev–Trinajstić information content (AvgIpc) is 2.43. The molecule has 8 heteroatoms. The number of oxime groups is 1. The lowest BCUT2D eigenvalue weighted by Crippen LogP contribution is -2.20. The van der Waals surface area contributed by atoms with Crippen LogP contribution in [0.1, 0.15) is 19.8 Å². The first-order valence-corrected chi connectivity index (χ1v) is 7.82. The van der Waals surface area contributed by atoms with Crippen molar-refractivity contribution in [3.05, 3.63) is 24.3 Å². The van der Waals surface area contributed by atoms with Crippen molar-refractivity contribution in [3.8, 4) is 5.75 Å². The standard InChI is InChI=1S/C12H19N3O4S/c1-2-3-8-20(17,18)15-10-4-6-11(7-5-10)19-9-12(13)14-16/h4-7,15-16H,2-3,8-9H2,1H3,(H2,13,14). The number of benzene rings is 1. The van der Waals surface area contributed by atoms with Gasteiger partial charge in [-0.2, -0.15) is 0 Å². The number of hydrogen-bond acceptors (Lipinski definition) is 5. The second-order valence-electron chi connectivity index (χ2n) is 4.18. The first kappa shape index (κ1) is 16.1. The van der Waals surface area contributed by atoms with Crippen molar-refractivity contribution in [3.63, 3.8) is 0 Å². The molecule has 0 aliphatic rings. The second kappa shape index (κ2) is 7.59. The molecule has 0 aliphatic heterocycles. The average molecular weight is 301 g/mol. The highest BCUT2D eigenvalue weighted by atomic mass is 32.2. The van der Waals surface area contributed by atoms with Gasteiger partial charge < -0.3 is 15.7 Å². The highest BCUT2D eigenvalue weighted by molar-refractivity contribution is 7.92. The zero-order valence-corrected chi connectivity index (χ0v) is 12.1. The van der Waals surface area contributed by atoms with Crippen molar-refractivity contribution in [1.82, 2.24) is 0 Å². The summed E-state index contributed by atoms with van der Waals surface area (Å²) in [6, 6.07) is 6.38. The van der Waals surface area contributed by atoms with Gasteiger partial charge in [-0.05, 0) is 30.7 Å². The van der Waals surface area contributed by atoms with E-state index in [2.05, 4.69) is 9.88 Å². The number of sulfonamides is 1. The van der Waals surface area contributed by atoms with E-state index in [4.69, 9.17) is 15.7 Å². The monoisotopic (exact) mass is 301 g/mol. The van der Waals surface area contributed by atoms with Crippen molar-refractivity contribution in [2.45, 2.75) is 19.8 Å². The topological polar surface area (TPSA) is 114 Å². The Labute approximate surface area is 118 Å². The Morgan fingerprint density at radius 2 is 2.05 bits per heavy atom. The van der Waals surface area contributed by atoms with E-state index in [1.165, 1.54) is 0 Å². The summed E-state index contributed by atoms with van der Waals surface area (Å²) in [6.07, 6.45) is 1.44. The van der Waals surface area contributed by atoms with E-state index in [-0.39, 0.29) is 18.2 Å². The van der Waals surface area contributed by atoms with Crippen LogP contribution >= 0.6 is 0 Å². The molecule has 0 aromatic heterocycles. The van der Waals surface area contributed by atoms with Crippen LogP contribution in [-0.2, 0) is 10.0 Å². The molecule has 0 amide bonds. The van der Waals surface area contributed by atoms with Crippen LogP contribution in [0.2, 0.25) is 0 Å². The molecule has 1 aromatic carbocycles. The summed E-state index contributed by atoms with van der Waals surface area (Å²) in [5.41, 5.74) is 5.73. The lowest BCUT2D eigenvalue weighted by atomic mass is 10.3. The molecule has 0 saturated carbocycles. The molecule has 1 rings (SSSR count). The van der Waals surface area contributed by atoms with Crippen LogP contribution in [0.15, 0.2) is 29.4 Å². The number of unbranched alkanes of at least 4 members (excludes halogenated alkanes) is 1. The Morgan fingerprint density at radius 3 is 2.60 bits per heavy atom. The van der Waals surface area contributed by atoms with Gasteiger partial charge in [0, 0.05) is 5.69 Å². The quantitative estimate of drug-likeness (QED) is 0.290. The van der Waals surface area contributed by atoms with Crippen molar-refractivity contribution in [2.75, 3.05) is 17.1 Å². The number of ether oxygens (including phenoxy) is 1. The van der Waals surface area contributed by atoms with Gasteiger partial charge in [-0.1, -0.05) is 18.5 Å². The molecule has 0 heterocycles. The van der Waals surface area contributed by atoms with Gasteiger partial charge in [0.05, 0.1) is 5.75 Å². The van der Waals surface area contributed by atoms with Crippen LogP contribution in [-0.4, -0.2) is 31.8 Å². The minimum Gasteiger partial charge on any atom is -0.486 e. The fraction of sp³-hybridized carbons (Fsp3) is 0.417. The molecular formula is C12H19N3O4S. The highest BCUT2D eigenvalue weighted by Crippen LogP contribution is 2.17. The Kier molecular flexibility index (Phi) is 6.10. The number of nitrogens with two attached hydrogens (primary N) is 1. The van der Waals surface area contributed by atoms with Gasteiger partial charge in [0.1, 0.15) is 12.4 Å². The van der Waals surface area contributed by atoms with E-state index in [1.807, 2.05) is 6.92 Å². The van der Waals surface area contributed by atoms with E-state index in [0.717, 1.165) is 6.42 Å². The van der Waals surface area contributed by atoms with E-state index in [9.17, 15) is 8.42 Å². The minimum atomic E-state index is -3.30. The van der Waals surface area contributed by atoms with E-state index >= 15 is 0 Å². The van der Waals surface area contributed by atoms with Crippen molar-refractivity contribution < 1.29 is 18.4 Å². The van der Waals surface area contributed by atoms with Gasteiger partial charge in [-0.15, -0.1) is 0 Å². The zero-order chi connectivity index (χ0) is 15.0. The Balaban J connectivity index is 2.58. The Hall–Kier alpha value is -1.96. The molecule has 1 aromatic rings. The molecule has 0 bridgehead atoms. The number of nitrogens with one attached hydrogen (secondary N) is 1. The van der Waals surface area contributed by atoms with E-state index in [1.54, 1.807) is 24.3 Å². The Bertz CT molecular complexity index is 540. The molecule has 0 fully saturated rings. The maximum absolute atomic E-state index is 11.7. The van der Waals surface area contributed by atoms with E-state index in [0.29, 0.717) is 17.9 Å². The van der Waals surface area contributed by atoms with Gasteiger partial charge in [0.25, 0.3) is 0 Å². The van der Waals surface area contributed by atoms with Gasteiger partial charge in [0.2, 0.25) is 10.0 Å². The predicted molar refractivity (Wildman–Crippen MR) is 77.7 cm³/mol. The summed E-state index contributed by atoms with van der Waals surface area (Å²) in [5, 5.41) is 11.1. The number of amidine groups is 1. The van der Waals surface area contributed by atoms with Crippen LogP contribution < -0.4 is 15.2 Å². The summed E-state index contributed by atoms with van der Waals surface area (Å²) >= 11 is 0. The number of rotatable bonds is 8. The minimum absolute atomic E-state index is 0.0436. The normalized spacial score (nSPS) is 12.2. The summed E-state index contributed by atoms with van der Waals surface area (Å²) < 4.78 is 31.1. The van der Waals surface area contributed by atoms with Crippen molar-refractivity contribution >= 4 is 21.5 Å². The number of nitrogens with zero attached hydrogens (tertiary/aromatic N) is 1. The second-order valence-corrected chi connectivity index (χ2v) is 6.02. The van der Waals surface area contributed by atoms with Crippen LogP contribution in [0, 0.1) is 0 Å². The van der Waals surface area contributed by atoms with Gasteiger partial charge in [-0.3, -0.25) is 4.72 Å². The maximum atomic E-state index is 11.7. The summed E-state index contributed by atoms with van der Waals surface area (Å²) in [5.74, 6) is 0.549. The fourth-order valence-electron chi connectivity index (χ4n) is 1.37. The van der Waals surface area contributed by atoms with Gasteiger partial charge in [0.15, 0.2) is 5.84 Å². The highest BCUT2D eigenvalue weighted by Gasteiger charge is 2.09. The lowest BCUT2D eigenvalue weighted by Gasteiger charge is -2.09. The third-order valence-electron chi connectivity index (χ3n) is 2.41. The van der Waals surface area contributed by atoms with Crippen LogP contribution in [0.3, 0.4) is 0 Å². The first-order chi connectivity index (χ1) is 9.46. The molecule has 7 nitrogen and oxygen atoms in total. The van der Waals surface area contributed by atoms with Crippen LogP contribution in [0.4, 0.5) is 5.69 Å². The maximum Gasteiger partial charge on any atom is 0.232 e. The summed E-state index contributed by atoms with van der Waals surface area (Å²) in [6.45, 7) is 1.89. The third kappa shape index (κ3) is 5.79. The molecule has 0 saturated heterocycles. The Morgan fingerprint density at radius 1 is 1.40 bits per heavy atom. The number of anilines is 1. The zero-order valence-electron chi connectivity index (χ0n) is 11.2. The smallest absolute Gasteiger partial charge is 0.232 e. The lowest BCUT2D eigenvalue weighted by molar-refractivity contribution is 0.306. The van der Waals surface area contributed by atoms with Crippen molar-refractivity contribution in [1.29, 1.82) is 0 Å². The third-order valence-corrected chi connectivity index (χ3v) is 3.78. The molecule has 4 N–H and O–H groups in total. The molecule has 0 aliphatic carbocycles. The fourth-order valence-corrected chi connectivity index (χ4v) is 2.64. The largest absolute Gasteiger partial charge is 0.486 e. The van der Waals surface area contributed by atoms with Crippen molar-refractivity contribution in [2.24, 2.45) is 10.9 Å². The number of hydrogen-bond donors (Lipinski definition) is 3. The summed E-state index contributed by atoms with van der Waals surface area (Å²) in [7, 11) is -3.30. The molecule has 0 atom stereocenters. The molecular weight excluding hydrogens is 282 g/mol. The van der Waals surface area contributed by atoms with Crippen LogP contribution in [0.25, 0.3) is 0 Å². The first-order valence-electron chi connectivity index (χ1n) is 6.16. The van der Waals surface area contributed by atoms with E-state index < -0.39 is 10.0 Å². The summed E-state index contributed by atoms with van der Waals surface area (Å²) in [4.78, 5) is 0. The van der Waals surface area contributed by atoms with Gasteiger partial charge >= 0.3 is 0 Å². The van der Waals surface area contributed by atoms with Crippen LogP contribution in [0.5, 0.6) is 5.75 Å². The van der Waals surface area contributed by atoms with Gasteiger partial charge in [-0.25, -0.2) is 8.42 Å². The molecule has 20 heavy (non-hydrogen) atoms. The SMILES string of the molecule is CCCCS(=O)(=O)Nc1ccc(OC/C(N)=N/O)cc1. The molecule has 0 spiro atoms. The molecule has 112 valence electrons. The molecule has 0 radical (unpaired) electrons.